The third-order valence-corrected chi connectivity index (χ3v) is 3.90. The zero-order valence-corrected chi connectivity index (χ0v) is 14.5. The number of amidine groups is 1. The Morgan fingerprint density at radius 2 is 1.96 bits per heavy atom. The SMILES string of the molecule is CCc1ccc(OCCO)c(C(Nc2ccc(C(=N)N)cc2)C(=O)O)c1. The van der Waals surface area contributed by atoms with Crippen LogP contribution in [-0.4, -0.2) is 35.2 Å². The molecule has 0 aliphatic rings. The van der Waals surface area contributed by atoms with Gasteiger partial charge in [-0.25, -0.2) is 4.79 Å². The van der Waals surface area contributed by atoms with Gasteiger partial charge in [0.2, 0.25) is 0 Å². The van der Waals surface area contributed by atoms with Crippen LogP contribution in [0.4, 0.5) is 5.69 Å². The monoisotopic (exact) mass is 357 g/mol. The van der Waals surface area contributed by atoms with Gasteiger partial charge in [0, 0.05) is 16.8 Å². The van der Waals surface area contributed by atoms with Crippen molar-refractivity contribution in [3.05, 3.63) is 59.2 Å². The van der Waals surface area contributed by atoms with Crippen molar-refractivity contribution in [2.24, 2.45) is 5.73 Å². The first kappa shape index (κ1) is 19.3. The third kappa shape index (κ3) is 4.73. The molecule has 0 aromatic heterocycles. The number of carbonyl (C=O) groups is 1. The van der Waals surface area contributed by atoms with Gasteiger partial charge < -0.3 is 26.0 Å². The summed E-state index contributed by atoms with van der Waals surface area (Å²) in [5.41, 5.74) is 8.04. The van der Waals surface area contributed by atoms with Crippen molar-refractivity contribution in [3.8, 4) is 5.75 Å². The number of hydrogen-bond donors (Lipinski definition) is 5. The highest BCUT2D eigenvalue weighted by atomic mass is 16.5. The van der Waals surface area contributed by atoms with Crippen LogP contribution in [0.2, 0.25) is 0 Å². The molecule has 2 aromatic carbocycles. The van der Waals surface area contributed by atoms with Gasteiger partial charge in [-0.05, 0) is 48.4 Å². The predicted octanol–water partition coefficient (Wildman–Crippen LogP) is 2.14. The van der Waals surface area contributed by atoms with Gasteiger partial charge in [0.15, 0.2) is 6.04 Å². The lowest BCUT2D eigenvalue weighted by Crippen LogP contribution is -2.22. The minimum atomic E-state index is -1.05. The maximum absolute atomic E-state index is 11.9. The van der Waals surface area contributed by atoms with E-state index < -0.39 is 12.0 Å². The summed E-state index contributed by atoms with van der Waals surface area (Å²) < 4.78 is 5.51. The molecule has 1 atom stereocenters. The molecule has 2 aromatic rings. The van der Waals surface area contributed by atoms with E-state index in [-0.39, 0.29) is 19.0 Å². The molecule has 26 heavy (non-hydrogen) atoms. The van der Waals surface area contributed by atoms with Crippen LogP contribution in [0.5, 0.6) is 5.75 Å². The van der Waals surface area contributed by atoms with E-state index in [9.17, 15) is 9.90 Å². The largest absolute Gasteiger partial charge is 0.491 e. The normalized spacial score (nSPS) is 11.6. The highest BCUT2D eigenvalue weighted by Crippen LogP contribution is 2.30. The van der Waals surface area contributed by atoms with E-state index in [0.29, 0.717) is 22.6 Å². The third-order valence-electron chi connectivity index (χ3n) is 3.90. The number of aliphatic hydroxyl groups excluding tert-OH is 1. The van der Waals surface area contributed by atoms with Gasteiger partial charge in [-0.2, -0.15) is 0 Å². The van der Waals surface area contributed by atoms with E-state index in [1.165, 1.54) is 0 Å². The lowest BCUT2D eigenvalue weighted by atomic mass is 10.0. The minimum Gasteiger partial charge on any atom is -0.491 e. The average molecular weight is 357 g/mol. The summed E-state index contributed by atoms with van der Waals surface area (Å²) in [5.74, 6) is -0.694. The molecule has 0 bridgehead atoms. The summed E-state index contributed by atoms with van der Waals surface area (Å²) in [7, 11) is 0. The molecule has 138 valence electrons. The lowest BCUT2D eigenvalue weighted by Gasteiger charge is -2.20. The van der Waals surface area contributed by atoms with Gasteiger partial charge in [0.05, 0.1) is 6.61 Å². The minimum absolute atomic E-state index is 0.0540. The molecule has 6 N–H and O–H groups in total. The Morgan fingerprint density at radius 3 is 2.50 bits per heavy atom. The number of hydrogen-bond acceptors (Lipinski definition) is 5. The first-order chi connectivity index (χ1) is 12.5. The number of nitrogen functional groups attached to an aromatic ring is 1. The molecule has 0 radical (unpaired) electrons. The Bertz CT molecular complexity index is 775. The van der Waals surface area contributed by atoms with Crippen molar-refractivity contribution in [3.63, 3.8) is 0 Å². The van der Waals surface area contributed by atoms with Crippen molar-refractivity contribution in [2.75, 3.05) is 18.5 Å². The van der Waals surface area contributed by atoms with E-state index in [0.717, 1.165) is 12.0 Å². The number of aryl methyl sites for hydroxylation is 1. The first-order valence-electron chi connectivity index (χ1n) is 8.26. The van der Waals surface area contributed by atoms with Crippen molar-refractivity contribution < 1.29 is 19.7 Å². The molecular formula is C19H23N3O4. The molecule has 0 saturated carbocycles. The highest BCUT2D eigenvalue weighted by Gasteiger charge is 2.24. The number of nitrogens with one attached hydrogen (secondary N) is 2. The van der Waals surface area contributed by atoms with E-state index in [2.05, 4.69) is 5.32 Å². The van der Waals surface area contributed by atoms with E-state index >= 15 is 0 Å². The molecule has 0 saturated heterocycles. The van der Waals surface area contributed by atoms with Crippen molar-refractivity contribution in [1.82, 2.24) is 0 Å². The molecule has 1 unspecified atom stereocenters. The maximum Gasteiger partial charge on any atom is 0.330 e. The molecule has 0 aliphatic heterocycles. The summed E-state index contributed by atoms with van der Waals surface area (Å²) >= 11 is 0. The van der Waals surface area contributed by atoms with Crippen LogP contribution in [-0.2, 0) is 11.2 Å². The fraction of sp³-hybridized carbons (Fsp3) is 0.263. The van der Waals surface area contributed by atoms with Gasteiger partial charge in [-0.1, -0.05) is 13.0 Å². The van der Waals surface area contributed by atoms with Crippen molar-refractivity contribution in [2.45, 2.75) is 19.4 Å². The average Bonchev–Trinajstić information content (AvgIpc) is 2.64. The van der Waals surface area contributed by atoms with E-state index in [1.807, 2.05) is 13.0 Å². The molecular weight excluding hydrogens is 334 g/mol. The number of aliphatic hydroxyl groups is 1. The number of aliphatic carboxylic acids is 1. The summed E-state index contributed by atoms with van der Waals surface area (Å²) in [5, 5.41) is 29.1. The molecule has 2 rings (SSSR count). The summed E-state index contributed by atoms with van der Waals surface area (Å²) in [6.45, 7) is 1.90. The summed E-state index contributed by atoms with van der Waals surface area (Å²) in [6, 6.07) is 11.0. The Labute approximate surface area is 151 Å². The number of rotatable bonds is 9. The van der Waals surface area contributed by atoms with Crippen molar-refractivity contribution in [1.29, 1.82) is 5.41 Å². The van der Waals surface area contributed by atoms with E-state index in [4.69, 9.17) is 21.0 Å². The topological polar surface area (TPSA) is 129 Å². The molecule has 7 nitrogen and oxygen atoms in total. The van der Waals surface area contributed by atoms with Crippen LogP contribution in [0.15, 0.2) is 42.5 Å². The Morgan fingerprint density at radius 1 is 1.27 bits per heavy atom. The number of carboxylic acid groups (broad SMARTS) is 1. The standard InChI is InChI=1S/C19H23N3O4/c1-2-12-3-8-16(26-10-9-23)15(11-12)17(19(24)25)22-14-6-4-13(5-7-14)18(20)21/h3-8,11,17,22-23H,2,9-10H2,1H3,(H3,20,21)(H,24,25). The van der Waals surface area contributed by atoms with Crippen LogP contribution in [0, 0.1) is 5.41 Å². The van der Waals surface area contributed by atoms with Crippen molar-refractivity contribution >= 4 is 17.5 Å². The molecule has 0 heterocycles. The quantitative estimate of drug-likeness (QED) is 0.345. The molecule has 0 spiro atoms. The maximum atomic E-state index is 11.9. The molecule has 0 aliphatic carbocycles. The predicted molar refractivity (Wildman–Crippen MR) is 99.9 cm³/mol. The van der Waals surface area contributed by atoms with Gasteiger partial charge >= 0.3 is 5.97 Å². The number of nitrogens with two attached hydrogens (primary N) is 1. The Kier molecular flexibility index (Phi) is 6.57. The molecule has 7 heteroatoms. The van der Waals surface area contributed by atoms with Crippen LogP contribution >= 0.6 is 0 Å². The number of ether oxygens (including phenoxy) is 1. The zero-order valence-electron chi connectivity index (χ0n) is 14.5. The van der Waals surface area contributed by atoms with Crippen LogP contribution in [0.25, 0.3) is 0 Å². The zero-order chi connectivity index (χ0) is 19.1. The first-order valence-corrected chi connectivity index (χ1v) is 8.26. The van der Waals surface area contributed by atoms with Gasteiger partial charge in [0.25, 0.3) is 0 Å². The fourth-order valence-electron chi connectivity index (χ4n) is 2.52. The highest BCUT2D eigenvalue weighted by molar-refractivity contribution is 5.95. The summed E-state index contributed by atoms with van der Waals surface area (Å²) in [6.07, 6.45) is 0.757. The lowest BCUT2D eigenvalue weighted by molar-refractivity contribution is -0.138. The Balaban J connectivity index is 2.36. The Hall–Kier alpha value is -3.06. The number of carboxylic acids is 1. The summed E-state index contributed by atoms with van der Waals surface area (Å²) in [4.78, 5) is 11.9. The van der Waals surface area contributed by atoms with Gasteiger partial charge in [0.1, 0.15) is 18.2 Å². The molecule has 0 amide bonds. The number of anilines is 1. The van der Waals surface area contributed by atoms with Crippen LogP contribution in [0.3, 0.4) is 0 Å². The smallest absolute Gasteiger partial charge is 0.330 e. The van der Waals surface area contributed by atoms with E-state index in [1.54, 1.807) is 36.4 Å². The van der Waals surface area contributed by atoms with Gasteiger partial charge in [-0.3, -0.25) is 5.41 Å². The second-order valence-corrected chi connectivity index (χ2v) is 5.70. The molecule has 0 fully saturated rings. The number of benzene rings is 2. The van der Waals surface area contributed by atoms with Crippen LogP contribution in [0.1, 0.15) is 29.7 Å². The fourth-order valence-corrected chi connectivity index (χ4v) is 2.52. The van der Waals surface area contributed by atoms with Gasteiger partial charge in [-0.15, -0.1) is 0 Å². The second kappa shape index (κ2) is 8.87. The second-order valence-electron chi connectivity index (χ2n) is 5.70. The van der Waals surface area contributed by atoms with Crippen LogP contribution < -0.4 is 15.8 Å².